The average Bonchev–Trinajstić information content (AvgIpc) is 2.43. The van der Waals surface area contributed by atoms with Gasteiger partial charge in [-0.3, -0.25) is 0 Å². The van der Waals surface area contributed by atoms with Crippen molar-refractivity contribution in [3.8, 4) is 11.5 Å². The van der Waals surface area contributed by atoms with Gasteiger partial charge in [-0.05, 0) is 49.8 Å². The van der Waals surface area contributed by atoms with Crippen LogP contribution >= 0.6 is 0 Å². The molecule has 0 fully saturated rings. The Kier molecular flexibility index (Phi) is 4.38. The molecule has 2 rings (SSSR count). The number of ether oxygens (including phenoxy) is 1. The van der Waals surface area contributed by atoms with Gasteiger partial charge in [-0.25, -0.2) is 9.18 Å². The van der Waals surface area contributed by atoms with E-state index in [1.807, 2.05) is 19.9 Å². The van der Waals surface area contributed by atoms with E-state index in [1.165, 1.54) is 12.1 Å². The topological polar surface area (TPSA) is 46.5 Å². The Balaban J connectivity index is 2.39. The molecule has 108 valence electrons. The number of benzene rings is 2. The lowest BCUT2D eigenvalue weighted by atomic mass is 10.1. The minimum Gasteiger partial charge on any atom is -0.478 e. The highest BCUT2D eigenvalue weighted by atomic mass is 19.1. The molecule has 21 heavy (non-hydrogen) atoms. The summed E-state index contributed by atoms with van der Waals surface area (Å²) in [6.07, 6.45) is 2.45. The zero-order valence-corrected chi connectivity index (χ0v) is 11.8. The second kappa shape index (κ2) is 6.22. The summed E-state index contributed by atoms with van der Waals surface area (Å²) < 4.78 is 19.3. The molecule has 0 aliphatic carbocycles. The molecule has 0 aromatic heterocycles. The Labute approximate surface area is 122 Å². The van der Waals surface area contributed by atoms with Gasteiger partial charge in [-0.2, -0.15) is 0 Å². The second-order valence-corrected chi connectivity index (χ2v) is 4.75. The number of rotatable bonds is 4. The molecule has 0 saturated heterocycles. The molecule has 2 aromatic carbocycles. The third kappa shape index (κ3) is 3.92. The normalized spacial score (nSPS) is 10.8. The molecule has 0 aliphatic heterocycles. The summed E-state index contributed by atoms with van der Waals surface area (Å²) in [6, 6.07) is 9.89. The van der Waals surface area contributed by atoms with Crippen molar-refractivity contribution in [3.05, 3.63) is 65.0 Å². The molecule has 0 unspecified atom stereocenters. The molecular formula is C17H15FO3. The van der Waals surface area contributed by atoms with E-state index in [-0.39, 0.29) is 5.75 Å². The predicted molar refractivity (Wildman–Crippen MR) is 79.1 cm³/mol. The Bertz CT molecular complexity index is 705. The van der Waals surface area contributed by atoms with Crippen molar-refractivity contribution in [2.24, 2.45) is 0 Å². The first-order valence-electron chi connectivity index (χ1n) is 6.41. The molecule has 0 atom stereocenters. The van der Waals surface area contributed by atoms with Gasteiger partial charge in [-0.15, -0.1) is 0 Å². The lowest BCUT2D eigenvalue weighted by Crippen LogP contribution is -1.93. The summed E-state index contributed by atoms with van der Waals surface area (Å²) in [5.41, 5.74) is 2.41. The van der Waals surface area contributed by atoms with Crippen molar-refractivity contribution in [1.29, 1.82) is 0 Å². The van der Waals surface area contributed by atoms with Crippen molar-refractivity contribution in [1.82, 2.24) is 0 Å². The van der Waals surface area contributed by atoms with Crippen molar-refractivity contribution >= 4 is 12.0 Å². The van der Waals surface area contributed by atoms with Gasteiger partial charge in [0.1, 0.15) is 5.75 Å². The maximum atomic E-state index is 13.7. The molecule has 0 amide bonds. The lowest BCUT2D eigenvalue weighted by molar-refractivity contribution is -0.131. The first kappa shape index (κ1) is 14.8. The SMILES string of the molecule is Cc1ccc(Oc2cc(C)ccc2F)c(/C=C/C(=O)O)c1. The molecule has 0 bridgehead atoms. The van der Waals surface area contributed by atoms with Gasteiger partial charge >= 0.3 is 5.97 Å². The van der Waals surface area contributed by atoms with E-state index in [2.05, 4.69) is 0 Å². The molecule has 0 heterocycles. The van der Waals surface area contributed by atoms with Crippen LogP contribution in [0.3, 0.4) is 0 Å². The van der Waals surface area contributed by atoms with Gasteiger partial charge in [-0.1, -0.05) is 17.7 Å². The van der Waals surface area contributed by atoms with Crippen molar-refractivity contribution in [3.63, 3.8) is 0 Å². The van der Waals surface area contributed by atoms with Gasteiger partial charge in [0.25, 0.3) is 0 Å². The lowest BCUT2D eigenvalue weighted by Gasteiger charge is -2.11. The van der Waals surface area contributed by atoms with Crippen LogP contribution in [-0.4, -0.2) is 11.1 Å². The molecule has 2 aromatic rings. The fourth-order valence-electron chi connectivity index (χ4n) is 1.86. The van der Waals surface area contributed by atoms with Crippen LogP contribution in [0.5, 0.6) is 11.5 Å². The van der Waals surface area contributed by atoms with Crippen LogP contribution in [0.15, 0.2) is 42.5 Å². The van der Waals surface area contributed by atoms with Crippen LogP contribution in [0, 0.1) is 19.7 Å². The number of carboxylic acid groups (broad SMARTS) is 1. The molecule has 0 radical (unpaired) electrons. The minimum absolute atomic E-state index is 0.115. The zero-order chi connectivity index (χ0) is 15.4. The van der Waals surface area contributed by atoms with Gasteiger partial charge < -0.3 is 9.84 Å². The third-order valence-electron chi connectivity index (χ3n) is 2.88. The quantitative estimate of drug-likeness (QED) is 0.851. The standard InChI is InChI=1S/C17H15FO3/c1-11-4-7-15(13(9-11)5-8-17(19)20)21-16-10-12(2)3-6-14(16)18/h3-10H,1-2H3,(H,19,20)/b8-5+. The van der Waals surface area contributed by atoms with Gasteiger partial charge in [0.15, 0.2) is 11.6 Å². The van der Waals surface area contributed by atoms with Gasteiger partial charge in [0.05, 0.1) is 0 Å². The number of carboxylic acids is 1. The summed E-state index contributed by atoms with van der Waals surface area (Å²) in [5, 5.41) is 8.72. The van der Waals surface area contributed by atoms with Crippen molar-refractivity contribution < 1.29 is 19.0 Å². The van der Waals surface area contributed by atoms with E-state index in [1.54, 1.807) is 24.3 Å². The summed E-state index contributed by atoms with van der Waals surface area (Å²) in [6.45, 7) is 3.72. The zero-order valence-electron chi connectivity index (χ0n) is 11.8. The molecule has 1 N–H and O–H groups in total. The molecule has 0 saturated carbocycles. The number of halogens is 1. The second-order valence-electron chi connectivity index (χ2n) is 4.75. The van der Waals surface area contributed by atoms with Crippen LogP contribution in [0.25, 0.3) is 6.08 Å². The molecule has 4 heteroatoms. The van der Waals surface area contributed by atoms with Crippen LogP contribution in [0.4, 0.5) is 4.39 Å². The van der Waals surface area contributed by atoms with Gasteiger partial charge in [0, 0.05) is 11.6 Å². The van der Waals surface area contributed by atoms with Gasteiger partial charge in [0.2, 0.25) is 0 Å². The Hall–Kier alpha value is -2.62. The summed E-state index contributed by atoms with van der Waals surface area (Å²) in [4.78, 5) is 10.6. The largest absolute Gasteiger partial charge is 0.478 e. The highest BCUT2D eigenvalue weighted by Crippen LogP contribution is 2.29. The third-order valence-corrected chi connectivity index (χ3v) is 2.88. The summed E-state index contributed by atoms with van der Waals surface area (Å²) >= 11 is 0. The van der Waals surface area contributed by atoms with E-state index in [0.29, 0.717) is 11.3 Å². The molecule has 0 spiro atoms. The van der Waals surface area contributed by atoms with Crippen LogP contribution in [0.1, 0.15) is 16.7 Å². The number of carbonyl (C=O) groups is 1. The Morgan fingerprint density at radius 1 is 1.10 bits per heavy atom. The van der Waals surface area contributed by atoms with Crippen molar-refractivity contribution in [2.75, 3.05) is 0 Å². The average molecular weight is 286 g/mol. The van der Waals surface area contributed by atoms with E-state index < -0.39 is 11.8 Å². The predicted octanol–water partition coefficient (Wildman–Crippen LogP) is 4.33. The fourth-order valence-corrected chi connectivity index (χ4v) is 1.86. The van der Waals surface area contributed by atoms with E-state index in [4.69, 9.17) is 9.84 Å². The Morgan fingerprint density at radius 2 is 1.76 bits per heavy atom. The maximum absolute atomic E-state index is 13.7. The van der Waals surface area contributed by atoms with Crippen molar-refractivity contribution in [2.45, 2.75) is 13.8 Å². The summed E-state index contributed by atoms with van der Waals surface area (Å²) in [5.74, 6) is -0.995. The van der Waals surface area contributed by atoms with E-state index >= 15 is 0 Å². The number of aryl methyl sites for hydroxylation is 2. The summed E-state index contributed by atoms with van der Waals surface area (Å²) in [7, 11) is 0. The Morgan fingerprint density at radius 3 is 2.48 bits per heavy atom. The highest BCUT2D eigenvalue weighted by molar-refractivity contribution is 5.86. The fraction of sp³-hybridized carbons (Fsp3) is 0.118. The number of hydrogen-bond acceptors (Lipinski definition) is 2. The monoisotopic (exact) mass is 286 g/mol. The first-order chi connectivity index (χ1) is 9.95. The highest BCUT2D eigenvalue weighted by Gasteiger charge is 2.08. The smallest absolute Gasteiger partial charge is 0.328 e. The molecular weight excluding hydrogens is 271 g/mol. The first-order valence-corrected chi connectivity index (χ1v) is 6.41. The van der Waals surface area contributed by atoms with Crippen LogP contribution in [-0.2, 0) is 4.79 Å². The number of hydrogen-bond donors (Lipinski definition) is 1. The maximum Gasteiger partial charge on any atom is 0.328 e. The van der Waals surface area contributed by atoms with E-state index in [9.17, 15) is 9.18 Å². The van der Waals surface area contributed by atoms with E-state index in [0.717, 1.165) is 17.2 Å². The number of aliphatic carboxylic acids is 1. The molecule has 3 nitrogen and oxygen atoms in total. The minimum atomic E-state index is -1.05. The molecule has 0 aliphatic rings. The van der Waals surface area contributed by atoms with Crippen LogP contribution < -0.4 is 4.74 Å². The van der Waals surface area contributed by atoms with Crippen LogP contribution in [0.2, 0.25) is 0 Å².